The van der Waals surface area contributed by atoms with E-state index in [4.69, 9.17) is 11.6 Å². The number of hydrogen-bond donors (Lipinski definition) is 1. The van der Waals surface area contributed by atoms with Crippen LogP contribution in [0.25, 0.3) is 0 Å². The molecule has 1 aromatic carbocycles. The maximum atomic E-state index is 11.7. The molecule has 0 radical (unpaired) electrons. The molecular formula is C10H13ClINO2S. The Bertz CT molecular complexity index is 450. The van der Waals surface area contributed by atoms with Crippen LogP contribution >= 0.6 is 34.2 Å². The number of hydrogen-bond acceptors (Lipinski definition) is 2. The first-order valence-electron chi connectivity index (χ1n) is 4.75. The van der Waals surface area contributed by atoms with Crippen molar-refractivity contribution >= 4 is 49.9 Å². The highest BCUT2D eigenvalue weighted by Gasteiger charge is 2.14. The van der Waals surface area contributed by atoms with E-state index in [0.29, 0.717) is 11.6 Å². The molecule has 1 aromatic rings. The SMILES string of the molecule is CC(CCl)CS(=O)(=O)Nc1cccc(I)c1. The van der Waals surface area contributed by atoms with Crippen LogP contribution in [-0.4, -0.2) is 20.1 Å². The van der Waals surface area contributed by atoms with Crippen molar-refractivity contribution < 1.29 is 8.42 Å². The monoisotopic (exact) mass is 373 g/mol. The highest BCUT2D eigenvalue weighted by atomic mass is 127. The van der Waals surface area contributed by atoms with E-state index in [9.17, 15) is 8.42 Å². The fourth-order valence-corrected chi connectivity index (χ4v) is 3.41. The third-order valence-corrected chi connectivity index (χ3v) is 4.62. The van der Waals surface area contributed by atoms with Gasteiger partial charge in [-0.2, -0.15) is 0 Å². The van der Waals surface area contributed by atoms with Gasteiger partial charge in [0.2, 0.25) is 10.0 Å². The van der Waals surface area contributed by atoms with Gasteiger partial charge in [-0.15, -0.1) is 11.6 Å². The van der Waals surface area contributed by atoms with Gasteiger partial charge in [-0.05, 0) is 46.7 Å². The van der Waals surface area contributed by atoms with Crippen molar-refractivity contribution in [3.63, 3.8) is 0 Å². The molecule has 0 saturated heterocycles. The molecule has 0 aromatic heterocycles. The Morgan fingerprint density at radius 1 is 1.50 bits per heavy atom. The summed E-state index contributed by atoms with van der Waals surface area (Å²) >= 11 is 7.73. The number of anilines is 1. The van der Waals surface area contributed by atoms with Crippen LogP contribution in [0.4, 0.5) is 5.69 Å². The second kappa shape index (κ2) is 6.07. The van der Waals surface area contributed by atoms with Gasteiger partial charge in [-0.1, -0.05) is 13.0 Å². The average Bonchev–Trinajstić information content (AvgIpc) is 2.15. The first kappa shape index (κ1) is 14.1. The minimum atomic E-state index is -3.30. The Hall–Kier alpha value is -0.0100. The van der Waals surface area contributed by atoms with Gasteiger partial charge in [0.15, 0.2) is 0 Å². The lowest BCUT2D eigenvalue weighted by Gasteiger charge is -2.11. The summed E-state index contributed by atoms with van der Waals surface area (Å²) < 4.78 is 26.9. The van der Waals surface area contributed by atoms with Gasteiger partial charge < -0.3 is 0 Å². The predicted molar refractivity (Wildman–Crippen MR) is 76.5 cm³/mol. The lowest BCUT2D eigenvalue weighted by Crippen LogP contribution is -2.22. The molecule has 0 bridgehead atoms. The summed E-state index contributed by atoms with van der Waals surface area (Å²) in [6, 6.07) is 7.22. The zero-order chi connectivity index (χ0) is 12.2. The topological polar surface area (TPSA) is 46.2 Å². The molecule has 3 nitrogen and oxygen atoms in total. The van der Waals surface area contributed by atoms with Crippen LogP contribution in [0.5, 0.6) is 0 Å². The second-order valence-electron chi connectivity index (χ2n) is 3.65. The third kappa shape index (κ3) is 4.88. The summed E-state index contributed by atoms with van der Waals surface area (Å²) in [4.78, 5) is 0. The molecule has 0 amide bonds. The fraction of sp³-hybridized carbons (Fsp3) is 0.400. The lowest BCUT2D eigenvalue weighted by molar-refractivity contribution is 0.588. The Labute approximate surface area is 115 Å². The van der Waals surface area contributed by atoms with E-state index in [2.05, 4.69) is 27.3 Å². The van der Waals surface area contributed by atoms with Gasteiger partial charge >= 0.3 is 0 Å². The van der Waals surface area contributed by atoms with Crippen LogP contribution in [0, 0.1) is 9.49 Å². The maximum Gasteiger partial charge on any atom is 0.233 e. The second-order valence-corrected chi connectivity index (χ2v) is 6.97. The van der Waals surface area contributed by atoms with Crippen molar-refractivity contribution in [2.75, 3.05) is 16.4 Å². The van der Waals surface area contributed by atoms with Crippen molar-refractivity contribution in [1.82, 2.24) is 0 Å². The largest absolute Gasteiger partial charge is 0.284 e. The van der Waals surface area contributed by atoms with Gasteiger partial charge in [0.1, 0.15) is 0 Å². The van der Waals surface area contributed by atoms with E-state index in [1.54, 1.807) is 19.1 Å². The molecular weight excluding hydrogens is 361 g/mol. The van der Waals surface area contributed by atoms with Gasteiger partial charge in [0.05, 0.1) is 5.75 Å². The molecule has 1 atom stereocenters. The molecule has 0 aliphatic heterocycles. The molecule has 1 unspecified atom stereocenters. The Morgan fingerprint density at radius 3 is 2.75 bits per heavy atom. The number of sulfonamides is 1. The van der Waals surface area contributed by atoms with Crippen molar-refractivity contribution in [1.29, 1.82) is 0 Å². The summed E-state index contributed by atoms with van der Waals surface area (Å²) in [6.45, 7) is 1.81. The van der Waals surface area contributed by atoms with Crippen LogP contribution in [0.15, 0.2) is 24.3 Å². The normalized spacial score (nSPS) is 13.4. The van der Waals surface area contributed by atoms with E-state index in [1.807, 2.05) is 12.1 Å². The van der Waals surface area contributed by atoms with Crippen LogP contribution in [0.3, 0.4) is 0 Å². The van der Waals surface area contributed by atoms with Crippen molar-refractivity contribution in [3.05, 3.63) is 27.8 Å². The highest BCUT2D eigenvalue weighted by molar-refractivity contribution is 14.1. The smallest absolute Gasteiger partial charge is 0.233 e. The molecule has 0 heterocycles. The summed E-state index contributed by atoms with van der Waals surface area (Å²) in [6.07, 6.45) is 0. The zero-order valence-corrected chi connectivity index (χ0v) is 12.5. The Morgan fingerprint density at radius 2 is 2.19 bits per heavy atom. The molecule has 0 fully saturated rings. The summed E-state index contributed by atoms with van der Waals surface area (Å²) in [5.74, 6) is 0.330. The molecule has 0 saturated carbocycles. The summed E-state index contributed by atoms with van der Waals surface area (Å²) in [5, 5.41) is 0. The van der Waals surface area contributed by atoms with E-state index in [-0.39, 0.29) is 11.7 Å². The minimum absolute atomic E-state index is 0.0436. The summed E-state index contributed by atoms with van der Waals surface area (Å²) in [7, 11) is -3.30. The predicted octanol–water partition coefficient (Wildman–Crippen LogP) is 2.91. The van der Waals surface area contributed by atoms with E-state index in [0.717, 1.165) is 3.57 Å². The molecule has 1 rings (SSSR count). The molecule has 0 spiro atoms. The number of halogens is 2. The average molecular weight is 374 g/mol. The van der Waals surface area contributed by atoms with Crippen LogP contribution in [-0.2, 0) is 10.0 Å². The highest BCUT2D eigenvalue weighted by Crippen LogP contribution is 2.15. The maximum absolute atomic E-state index is 11.7. The fourth-order valence-electron chi connectivity index (χ4n) is 1.19. The van der Waals surface area contributed by atoms with Gasteiger partial charge in [-0.3, -0.25) is 4.72 Å². The Kier molecular flexibility index (Phi) is 5.33. The van der Waals surface area contributed by atoms with Crippen LogP contribution < -0.4 is 4.72 Å². The minimum Gasteiger partial charge on any atom is -0.284 e. The molecule has 0 aliphatic rings. The number of alkyl halides is 1. The quantitative estimate of drug-likeness (QED) is 0.637. The zero-order valence-electron chi connectivity index (χ0n) is 8.78. The van der Waals surface area contributed by atoms with E-state index >= 15 is 0 Å². The first-order chi connectivity index (χ1) is 7.43. The molecule has 0 aliphatic carbocycles. The molecule has 6 heteroatoms. The Balaban J connectivity index is 2.73. The van der Waals surface area contributed by atoms with E-state index in [1.165, 1.54) is 0 Å². The standard InChI is InChI=1S/C10H13ClINO2S/c1-8(6-11)7-16(14,15)13-10-4-2-3-9(12)5-10/h2-5,8,13H,6-7H2,1H3. The van der Waals surface area contributed by atoms with Gasteiger partial charge in [-0.25, -0.2) is 8.42 Å². The lowest BCUT2D eigenvalue weighted by atomic mass is 10.3. The van der Waals surface area contributed by atoms with E-state index < -0.39 is 10.0 Å². The molecule has 90 valence electrons. The van der Waals surface area contributed by atoms with Crippen molar-refractivity contribution in [2.45, 2.75) is 6.92 Å². The van der Waals surface area contributed by atoms with Crippen molar-refractivity contribution in [2.24, 2.45) is 5.92 Å². The van der Waals surface area contributed by atoms with Crippen LogP contribution in [0.2, 0.25) is 0 Å². The summed E-state index contributed by atoms with van der Waals surface area (Å²) in [5.41, 5.74) is 0.591. The number of benzene rings is 1. The molecule has 16 heavy (non-hydrogen) atoms. The van der Waals surface area contributed by atoms with Crippen molar-refractivity contribution in [3.8, 4) is 0 Å². The third-order valence-electron chi connectivity index (χ3n) is 1.87. The number of rotatable bonds is 5. The van der Waals surface area contributed by atoms with Gasteiger partial charge in [0.25, 0.3) is 0 Å². The van der Waals surface area contributed by atoms with Crippen LogP contribution in [0.1, 0.15) is 6.92 Å². The number of nitrogens with one attached hydrogen (secondary N) is 1. The molecule has 1 N–H and O–H groups in total. The first-order valence-corrected chi connectivity index (χ1v) is 8.01. The van der Waals surface area contributed by atoms with Gasteiger partial charge in [0, 0.05) is 15.1 Å².